The molecule has 0 aromatic carbocycles. The maximum atomic E-state index is 11.5. The SMILES string of the molecule is C[C@H](N)C(=O)NC1CCN2CCCCC12.Cl.Cl. The predicted octanol–water partition coefficient (Wildman–Crippen LogP) is 0.920. The summed E-state index contributed by atoms with van der Waals surface area (Å²) in [7, 11) is 0. The molecule has 2 unspecified atom stereocenters. The van der Waals surface area contributed by atoms with Gasteiger partial charge in [0, 0.05) is 18.6 Å². The van der Waals surface area contributed by atoms with Crippen LogP contribution in [0.1, 0.15) is 32.6 Å². The van der Waals surface area contributed by atoms with Crippen molar-refractivity contribution in [1.82, 2.24) is 10.2 Å². The van der Waals surface area contributed by atoms with Gasteiger partial charge in [-0.05, 0) is 32.7 Å². The summed E-state index contributed by atoms with van der Waals surface area (Å²) in [5.41, 5.74) is 5.56. The van der Waals surface area contributed by atoms with E-state index in [1.165, 1.54) is 25.8 Å². The van der Waals surface area contributed by atoms with Crippen molar-refractivity contribution >= 4 is 30.7 Å². The van der Waals surface area contributed by atoms with E-state index in [-0.39, 0.29) is 36.8 Å². The zero-order valence-electron chi connectivity index (χ0n) is 10.2. The minimum Gasteiger partial charge on any atom is -0.350 e. The Hall–Kier alpha value is -0.0300. The quantitative estimate of drug-likeness (QED) is 0.793. The fourth-order valence-corrected chi connectivity index (χ4v) is 2.73. The third-order valence-electron chi connectivity index (χ3n) is 3.60. The Bertz CT molecular complexity index is 251. The first-order valence-electron chi connectivity index (χ1n) is 5.98. The van der Waals surface area contributed by atoms with Crippen molar-refractivity contribution in [3.8, 4) is 0 Å². The first kappa shape index (κ1) is 17.0. The van der Waals surface area contributed by atoms with Crippen LogP contribution in [0.2, 0.25) is 0 Å². The zero-order chi connectivity index (χ0) is 10.8. The molecule has 1 amide bonds. The van der Waals surface area contributed by atoms with Crippen molar-refractivity contribution in [1.29, 1.82) is 0 Å². The van der Waals surface area contributed by atoms with Crippen molar-refractivity contribution in [3.05, 3.63) is 0 Å². The number of carbonyl (C=O) groups is 1. The zero-order valence-corrected chi connectivity index (χ0v) is 11.9. The monoisotopic (exact) mass is 283 g/mol. The minimum atomic E-state index is -0.386. The van der Waals surface area contributed by atoms with E-state index in [4.69, 9.17) is 5.73 Å². The molecule has 0 aliphatic carbocycles. The highest BCUT2D eigenvalue weighted by atomic mass is 35.5. The van der Waals surface area contributed by atoms with E-state index in [0.717, 1.165) is 13.0 Å². The first-order valence-corrected chi connectivity index (χ1v) is 5.98. The summed E-state index contributed by atoms with van der Waals surface area (Å²) in [6.07, 6.45) is 4.92. The fourth-order valence-electron chi connectivity index (χ4n) is 2.73. The van der Waals surface area contributed by atoms with Gasteiger partial charge in [0.1, 0.15) is 0 Å². The highest BCUT2D eigenvalue weighted by Gasteiger charge is 2.36. The molecule has 2 aliphatic heterocycles. The van der Waals surface area contributed by atoms with Gasteiger partial charge >= 0.3 is 0 Å². The van der Waals surface area contributed by atoms with Gasteiger partial charge in [-0.25, -0.2) is 0 Å². The van der Waals surface area contributed by atoms with Gasteiger partial charge in [-0.2, -0.15) is 0 Å². The standard InChI is InChI=1S/C11H21N3O.2ClH/c1-8(12)11(15)13-9-5-7-14-6-3-2-4-10(9)14;;/h8-10H,2-7,12H2,1H3,(H,13,15);2*1H/t8-,9?,10?;;/m0../s1. The molecule has 0 aromatic heterocycles. The van der Waals surface area contributed by atoms with E-state index in [9.17, 15) is 4.79 Å². The molecule has 2 saturated heterocycles. The maximum absolute atomic E-state index is 11.5. The van der Waals surface area contributed by atoms with Crippen LogP contribution < -0.4 is 11.1 Å². The Labute approximate surface area is 115 Å². The number of halogens is 2. The maximum Gasteiger partial charge on any atom is 0.236 e. The summed E-state index contributed by atoms with van der Waals surface area (Å²) >= 11 is 0. The highest BCUT2D eigenvalue weighted by molar-refractivity contribution is 5.85. The number of hydrogen-bond acceptors (Lipinski definition) is 3. The molecule has 6 heteroatoms. The third-order valence-corrected chi connectivity index (χ3v) is 3.60. The Morgan fingerprint density at radius 2 is 2.00 bits per heavy atom. The number of nitrogens with two attached hydrogens (primary N) is 1. The Morgan fingerprint density at radius 3 is 2.65 bits per heavy atom. The highest BCUT2D eigenvalue weighted by Crippen LogP contribution is 2.26. The summed E-state index contributed by atoms with van der Waals surface area (Å²) < 4.78 is 0. The molecule has 0 bridgehead atoms. The molecule has 17 heavy (non-hydrogen) atoms. The molecule has 2 fully saturated rings. The number of hydrogen-bond donors (Lipinski definition) is 2. The van der Waals surface area contributed by atoms with Gasteiger partial charge in [0.05, 0.1) is 6.04 Å². The van der Waals surface area contributed by atoms with Crippen LogP contribution >= 0.6 is 24.8 Å². The number of fused-ring (bicyclic) bond motifs is 1. The third kappa shape index (κ3) is 3.98. The van der Waals surface area contributed by atoms with E-state index >= 15 is 0 Å². The lowest BCUT2D eigenvalue weighted by Gasteiger charge is -2.32. The topological polar surface area (TPSA) is 58.4 Å². The smallest absolute Gasteiger partial charge is 0.236 e. The molecular formula is C11H23Cl2N3O. The van der Waals surface area contributed by atoms with Crippen LogP contribution in [0.3, 0.4) is 0 Å². The molecule has 3 atom stereocenters. The van der Waals surface area contributed by atoms with Gasteiger partial charge in [0.15, 0.2) is 0 Å². The number of carbonyl (C=O) groups excluding carboxylic acids is 1. The predicted molar refractivity (Wildman–Crippen MR) is 73.9 cm³/mol. The largest absolute Gasteiger partial charge is 0.350 e. The molecular weight excluding hydrogens is 261 g/mol. The summed E-state index contributed by atoms with van der Waals surface area (Å²) in [5.74, 6) is -0.00702. The van der Waals surface area contributed by atoms with Crippen LogP contribution in [0, 0.1) is 0 Å². The van der Waals surface area contributed by atoms with Crippen LogP contribution in [-0.2, 0) is 4.79 Å². The lowest BCUT2D eigenvalue weighted by Crippen LogP contribution is -2.50. The Morgan fingerprint density at radius 1 is 1.29 bits per heavy atom. The van der Waals surface area contributed by atoms with Crippen molar-refractivity contribution in [3.63, 3.8) is 0 Å². The molecule has 2 aliphatic rings. The number of nitrogens with one attached hydrogen (secondary N) is 1. The van der Waals surface area contributed by atoms with E-state index in [1.54, 1.807) is 6.92 Å². The van der Waals surface area contributed by atoms with Crippen LogP contribution in [0.5, 0.6) is 0 Å². The van der Waals surface area contributed by atoms with Gasteiger partial charge < -0.3 is 11.1 Å². The lowest BCUT2D eigenvalue weighted by molar-refractivity contribution is -0.122. The number of amides is 1. The molecule has 2 heterocycles. The van der Waals surface area contributed by atoms with Gasteiger partial charge in [0.25, 0.3) is 0 Å². The van der Waals surface area contributed by atoms with Crippen LogP contribution in [0.25, 0.3) is 0 Å². The number of rotatable bonds is 2. The van der Waals surface area contributed by atoms with Crippen molar-refractivity contribution < 1.29 is 4.79 Å². The molecule has 0 radical (unpaired) electrons. The number of piperidine rings is 1. The molecule has 0 saturated carbocycles. The fraction of sp³-hybridized carbons (Fsp3) is 0.909. The van der Waals surface area contributed by atoms with Gasteiger partial charge in [-0.1, -0.05) is 6.42 Å². The Balaban J connectivity index is 0.00000128. The first-order chi connectivity index (χ1) is 7.18. The van der Waals surface area contributed by atoms with Gasteiger partial charge in [-0.3, -0.25) is 9.69 Å². The van der Waals surface area contributed by atoms with Crippen LogP contribution in [0.4, 0.5) is 0 Å². The Kier molecular flexibility index (Phi) is 7.40. The second kappa shape index (κ2) is 7.41. The average molecular weight is 284 g/mol. The van der Waals surface area contributed by atoms with E-state index < -0.39 is 0 Å². The summed E-state index contributed by atoms with van der Waals surface area (Å²) in [6, 6.07) is 0.521. The molecule has 3 N–H and O–H groups in total. The van der Waals surface area contributed by atoms with E-state index in [1.807, 2.05) is 0 Å². The normalized spacial score (nSPS) is 29.5. The lowest BCUT2D eigenvalue weighted by atomic mass is 9.99. The van der Waals surface area contributed by atoms with E-state index in [2.05, 4.69) is 10.2 Å². The van der Waals surface area contributed by atoms with Crippen LogP contribution in [0.15, 0.2) is 0 Å². The van der Waals surface area contributed by atoms with Gasteiger partial charge in [0.2, 0.25) is 5.91 Å². The van der Waals surface area contributed by atoms with Crippen molar-refractivity contribution in [2.75, 3.05) is 13.1 Å². The summed E-state index contributed by atoms with van der Waals surface area (Å²) in [5, 5.41) is 3.07. The summed E-state index contributed by atoms with van der Waals surface area (Å²) in [4.78, 5) is 14.0. The number of nitrogens with zero attached hydrogens (tertiary/aromatic N) is 1. The molecule has 102 valence electrons. The molecule has 0 aromatic rings. The average Bonchev–Trinajstić information content (AvgIpc) is 2.62. The second-order valence-corrected chi connectivity index (χ2v) is 4.79. The minimum absolute atomic E-state index is 0. The molecule has 4 nitrogen and oxygen atoms in total. The van der Waals surface area contributed by atoms with Crippen molar-refractivity contribution in [2.24, 2.45) is 5.73 Å². The van der Waals surface area contributed by atoms with Crippen LogP contribution in [-0.4, -0.2) is 42.0 Å². The second-order valence-electron chi connectivity index (χ2n) is 4.79. The van der Waals surface area contributed by atoms with E-state index in [0.29, 0.717) is 12.1 Å². The molecule has 0 spiro atoms. The van der Waals surface area contributed by atoms with Gasteiger partial charge in [-0.15, -0.1) is 24.8 Å². The molecule has 2 rings (SSSR count). The summed E-state index contributed by atoms with van der Waals surface area (Å²) in [6.45, 7) is 4.08. The van der Waals surface area contributed by atoms with Crippen molar-refractivity contribution in [2.45, 2.75) is 50.7 Å².